The fourth-order valence-electron chi connectivity index (χ4n) is 4.24. The third-order valence-corrected chi connectivity index (χ3v) is 6.61. The molecular formula is C22H18N2O4S. The molecule has 1 heterocycles. The Balaban J connectivity index is 1.29. The van der Waals surface area contributed by atoms with E-state index in [9.17, 15) is 14.7 Å². The minimum absolute atomic E-state index is 0.00848. The number of amides is 1. The van der Waals surface area contributed by atoms with Gasteiger partial charge >= 0.3 is 12.1 Å². The van der Waals surface area contributed by atoms with Crippen LogP contribution in [-0.4, -0.2) is 28.8 Å². The topological polar surface area (TPSA) is 88.5 Å². The smallest absolute Gasteiger partial charge is 0.413 e. The summed E-state index contributed by atoms with van der Waals surface area (Å²) in [6, 6.07) is 16.3. The summed E-state index contributed by atoms with van der Waals surface area (Å²) in [7, 11) is 0. The zero-order chi connectivity index (χ0) is 20.0. The van der Waals surface area contributed by atoms with Crippen molar-refractivity contribution in [2.24, 2.45) is 0 Å². The third kappa shape index (κ3) is 3.07. The van der Waals surface area contributed by atoms with Gasteiger partial charge in [0.15, 0.2) is 5.13 Å². The molecule has 2 aliphatic rings. The molecule has 146 valence electrons. The molecule has 7 heteroatoms. The minimum atomic E-state index is -0.873. The molecule has 0 aliphatic heterocycles. The first-order valence-electron chi connectivity index (χ1n) is 9.46. The molecule has 6 nitrogen and oxygen atoms in total. The molecule has 1 amide bonds. The van der Waals surface area contributed by atoms with Crippen LogP contribution in [0.3, 0.4) is 0 Å². The summed E-state index contributed by atoms with van der Waals surface area (Å²) in [5.41, 5.74) is 5.22. The van der Waals surface area contributed by atoms with E-state index in [2.05, 4.69) is 34.6 Å². The summed E-state index contributed by atoms with van der Waals surface area (Å²) in [5, 5.41) is 12.3. The van der Waals surface area contributed by atoms with E-state index in [1.54, 1.807) is 0 Å². The van der Waals surface area contributed by atoms with Crippen molar-refractivity contribution in [2.45, 2.75) is 24.7 Å². The molecule has 2 aromatic carbocycles. The van der Waals surface area contributed by atoms with Crippen molar-refractivity contribution in [1.82, 2.24) is 4.98 Å². The van der Waals surface area contributed by atoms with Crippen molar-refractivity contribution in [1.29, 1.82) is 0 Å². The molecule has 1 aromatic heterocycles. The molecule has 0 fully saturated rings. The van der Waals surface area contributed by atoms with Crippen LogP contribution in [0.2, 0.25) is 0 Å². The molecule has 1 atom stereocenters. The lowest BCUT2D eigenvalue weighted by molar-refractivity contribution is -0.138. The highest BCUT2D eigenvalue weighted by molar-refractivity contribution is 7.16. The standard InChI is InChI=1S/C22H18N2O4S/c25-20(26)16-9-10-18-19(16)23-21(29-18)24-22(27)28-11-17-14-7-3-1-5-12(14)13-6-2-4-8-15(13)17/h1-8,16-17H,9-11H2,(H,25,26)(H,23,24,27). The molecule has 0 spiro atoms. The number of carboxylic acids is 1. The van der Waals surface area contributed by atoms with Crippen LogP contribution in [0.4, 0.5) is 9.93 Å². The summed E-state index contributed by atoms with van der Waals surface area (Å²) in [5.74, 6) is -1.47. The van der Waals surface area contributed by atoms with Crippen LogP contribution in [-0.2, 0) is 16.0 Å². The molecule has 0 saturated heterocycles. The number of carboxylic acid groups (broad SMARTS) is 1. The first-order valence-corrected chi connectivity index (χ1v) is 10.3. The van der Waals surface area contributed by atoms with E-state index in [0.29, 0.717) is 23.7 Å². The van der Waals surface area contributed by atoms with E-state index < -0.39 is 18.0 Å². The number of aryl methyl sites for hydroxylation is 1. The zero-order valence-corrected chi connectivity index (χ0v) is 16.2. The Morgan fingerprint density at radius 3 is 2.41 bits per heavy atom. The quantitative estimate of drug-likeness (QED) is 0.660. The van der Waals surface area contributed by atoms with Gasteiger partial charge in [0.1, 0.15) is 12.5 Å². The predicted molar refractivity (Wildman–Crippen MR) is 110 cm³/mol. The molecule has 0 radical (unpaired) electrons. The molecule has 5 rings (SSSR count). The van der Waals surface area contributed by atoms with Crippen LogP contribution in [0.1, 0.15) is 40.0 Å². The number of aromatic nitrogens is 1. The maximum absolute atomic E-state index is 12.4. The average Bonchev–Trinajstić information content (AvgIpc) is 3.37. The number of rotatable bonds is 4. The highest BCUT2D eigenvalue weighted by Crippen LogP contribution is 2.44. The molecule has 3 aromatic rings. The Morgan fingerprint density at radius 2 is 1.76 bits per heavy atom. The second-order valence-electron chi connectivity index (χ2n) is 7.21. The highest BCUT2D eigenvalue weighted by Gasteiger charge is 2.33. The van der Waals surface area contributed by atoms with Crippen LogP contribution >= 0.6 is 11.3 Å². The van der Waals surface area contributed by atoms with Gasteiger partial charge in [0, 0.05) is 10.8 Å². The van der Waals surface area contributed by atoms with Crippen LogP contribution in [0.25, 0.3) is 11.1 Å². The van der Waals surface area contributed by atoms with Crippen molar-refractivity contribution < 1.29 is 19.4 Å². The summed E-state index contributed by atoms with van der Waals surface area (Å²) in [6.07, 6.45) is 0.664. The largest absolute Gasteiger partial charge is 0.481 e. The van der Waals surface area contributed by atoms with Gasteiger partial charge < -0.3 is 9.84 Å². The molecule has 2 aliphatic carbocycles. The lowest BCUT2D eigenvalue weighted by Gasteiger charge is -2.14. The number of hydrogen-bond donors (Lipinski definition) is 2. The molecule has 0 bridgehead atoms. The second-order valence-corrected chi connectivity index (χ2v) is 8.29. The van der Waals surface area contributed by atoms with Gasteiger partial charge in [-0.15, -0.1) is 11.3 Å². The fraction of sp³-hybridized carbons (Fsp3) is 0.227. The van der Waals surface area contributed by atoms with Crippen LogP contribution in [0.5, 0.6) is 0 Å². The fourth-order valence-corrected chi connectivity index (χ4v) is 5.27. The van der Waals surface area contributed by atoms with E-state index in [-0.39, 0.29) is 12.5 Å². The Labute approximate surface area is 171 Å². The number of thiazole rings is 1. The van der Waals surface area contributed by atoms with Gasteiger partial charge in [-0.1, -0.05) is 48.5 Å². The number of carbonyl (C=O) groups excluding carboxylic acids is 1. The Morgan fingerprint density at radius 1 is 1.10 bits per heavy atom. The first kappa shape index (κ1) is 17.9. The summed E-state index contributed by atoms with van der Waals surface area (Å²) in [6.45, 7) is 0.225. The number of hydrogen-bond acceptors (Lipinski definition) is 5. The van der Waals surface area contributed by atoms with E-state index in [1.807, 2.05) is 24.3 Å². The molecule has 29 heavy (non-hydrogen) atoms. The van der Waals surface area contributed by atoms with Crippen molar-refractivity contribution in [2.75, 3.05) is 11.9 Å². The number of ether oxygens (including phenoxy) is 1. The number of nitrogens with zero attached hydrogens (tertiary/aromatic N) is 1. The van der Waals surface area contributed by atoms with Crippen molar-refractivity contribution in [3.05, 3.63) is 70.2 Å². The maximum Gasteiger partial charge on any atom is 0.413 e. The first-order chi connectivity index (χ1) is 14.1. The van der Waals surface area contributed by atoms with Gasteiger partial charge in [0.05, 0.1) is 5.69 Å². The number of anilines is 1. The number of carbonyl (C=O) groups is 2. The van der Waals surface area contributed by atoms with Gasteiger partial charge in [-0.05, 0) is 35.1 Å². The molecule has 1 unspecified atom stereocenters. The maximum atomic E-state index is 12.4. The van der Waals surface area contributed by atoms with Gasteiger partial charge in [-0.3, -0.25) is 10.1 Å². The molecule has 2 N–H and O–H groups in total. The van der Waals surface area contributed by atoms with Gasteiger partial charge in [0.25, 0.3) is 0 Å². The lowest BCUT2D eigenvalue weighted by Crippen LogP contribution is -2.18. The summed E-state index contributed by atoms with van der Waals surface area (Å²) < 4.78 is 5.52. The number of fused-ring (bicyclic) bond motifs is 4. The molecule has 0 saturated carbocycles. The van der Waals surface area contributed by atoms with E-state index in [4.69, 9.17) is 4.74 Å². The number of benzene rings is 2. The van der Waals surface area contributed by atoms with Crippen molar-refractivity contribution in [3.63, 3.8) is 0 Å². The number of aliphatic carboxylic acids is 1. The highest BCUT2D eigenvalue weighted by atomic mass is 32.1. The Kier molecular flexibility index (Phi) is 4.32. The summed E-state index contributed by atoms with van der Waals surface area (Å²) >= 11 is 1.32. The predicted octanol–water partition coefficient (Wildman–Crippen LogP) is 4.62. The Hall–Kier alpha value is -3.19. The monoisotopic (exact) mass is 406 g/mol. The number of nitrogens with one attached hydrogen (secondary N) is 1. The van der Waals surface area contributed by atoms with Gasteiger partial charge in [-0.2, -0.15) is 0 Å². The van der Waals surface area contributed by atoms with E-state index in [1.165, 1.54) is 22.5 Å². The van der Waals surface area contributed by atoms with Crippen LogP contribution < -0.4 is 5.32 Å². The van der Waals surface area contributed by atoms with Crippen molar-refractivity contribution >= 4 is 28.5 Å². The zero-order valence-electron chi connectivity index (χ0n) is 15.4. The minimum Gasteiger partial charge on any atom is -0.481 e. The van der Waals surface area contributed by atoms with E-state index >= 15 is 0 Å². The van der Waals surface area contributed by atoms with Crippen LogP contribution in [0.15, 0.2) is 48.5 Å². The average molecular weight is 406 g/mol. The van der Waals surface area contributed by atoms with Crippen molar-refractivity contribution in [3.8, 4) is 11.1 Å². The third-order valence-electron chi connectivity index (χ3n) is 5.57. The Bertz CT molecular complexity index is 1080. The lowest BCUT2D eigenvalue weighted by atomic mass is 9.98. The van der Waals surface area contributed by atoms with Gasteiger partial charge in [0.2, 0.25) is 0 Å². The SMILES string of the molecule is O=C(Nc1nc2c(s1)CCC2C(=O)O)OCC1c2ccccc2-c2ccccc21. The van der Waals surface area contributed by atoms with Gasteiger partial charge in [-0.25, -0.2) is 9.78 Å². The van der Waals surface area contributed by atoms with E-state index in [0.717, 1.165) is 16.0 Å². The molecular weight excluding hydrogens is 388 g/mol. The second kappa shape index (κ2) is 7.00. The normalized spacial score (nSPS) is 16.8. The summed E-state index contributed by atoms with van der Waals surface area (Å²) in [4.78, 5) is 28.9. The van der Waals surface area contributed by atoms with Crippen LogP contribution in [0, 0.1) is 0 Å².